The van der Waals surface area contributed by atoms with Gasteiger partial charge in [0.05, 0.1) is 19.4 Å². The van der Waals surface area contributed by atoms with Crippen molar-refractivity contribution < 1.29 is 9.53 Å². The predicted octanol–water partition coefficient (Wildman–Crippen LogP) is 1.59. The van der Waals surface area contributed by atoms with E-state index in [2.05, 4.69) is 39.1 Å². The zero-order chi connectivity index (χ0) is 16.1. The van der Waals surface area contributed by atoms with Gasteiger partial charge >= 0.3 is 0 Å². The number of hydrogen-bond donors (Lipinski definition) is 0. The Labute approximate surface area is 135 Å². The summed E-state index contributed by atoms with van der Waals surface area (Å²) >= 11 is 0. The molecule has 1 aromatic heterocycles. The van der Waals surface area contributed by atoms with Gasteiger partial charge in [0, 0.05) is 44.8 Å². The Bertz CT molecular complexity index is 639. The summed E-state index contributed by atoms with van der Waals surface area (Å²) in [7, 11) is 1.77. The van der Waals surface area contributed by atoms with E-state index in [9.17, 15) is 4.79 Å². The van der Waals surface area contributed by atoms with Crippen LogP contribution in [0.25, 0.3) is 0 Å². The highest BCUT2D eigenvalue weighted by Crippen LogP contribution is 2.17. The molecule has 0 spiro atoms. The summed E-state index contributed by atoms with van der Waals surface area (Å²) in [6.45, 7) is 3.93. The SMILES string of the molecule is CN(Cc1ccc(N2CCOCC2)cc1)C(=O)c1cnccn1. The van der Waals surface area contributed by atoms with Crippen molar-refractivity contribution in [1.82, 2.24) is 14.9 Å². The first-order valence-corrected chi connectivity index (χ1v) is 7.67. The minimum atomic E-state index is -0.129. The van der Waals surface area contributed by atoms with E-state index in [-0.39, 0.29) is 5.91 Å². The molecule has 1 aliphatic heterocycles. The maximum absolute atomic E-state index is 12.3. The third-order valence-electron chi connectivity index (χ3n) is 3.86. The quantitative estimate of drug-likeness (QED) is 0.858. The summed E-state index contributed by atoms with van der Waals surface area (Å²) in [5.74, 6) is -0.129. The maximum atomic E-state index is 12.3. The van der Waals surface area contributed by atoms with Crippen molar-refractivity contribution in [3.05, 3.63) is 54.1 Å². The Balaban J connectivity index is 1.62. The van der Waals surface area contributed by atoms with Crippen molar-refractivity contribution >= 4 is 11.6 Å². The first-order chi connectivity index (χ1) is 11.2. The third-order valence-corrected chi connectivity index (χ3v) is 3.86. The molecule has 1 fully saturated rings. The van der Waals surface area contributed by atoms with Gasteiger partial charge in [-0.1, -0.05) is 12.1 Å². The highest BCUT2D eigenvalue weighted by atomic mass is 16.5. The van der Waals surface area contributed by atoms with E-state index in [0.717, 1.165) is 31.9 Å². The molecule has 0 N–H and O–H groups in total. The van der Waals surface area contributed by atoms with Crippen LogP contribution < -0.4 is 4.90 Å². The summed E-state index contributed by atoms with van der Waals surface area (Å²) in [6, 6.07) is 8.32. The molecule has 6 nitrogen and oxygen atoms in total. The average Bonchev–Trinajstić information content (AvgIpc) is 2.63. The van der Waals surface area contributed by atoms with Crippen molar-refractivity contribution in [2.45, 2.75) is 6.54 Å². The van der Waals surface area contributed by atoms with Crippen LogP contribution in [-0.4, -0.2) is 54.1 Å². The molecule has 1 aliphatic rings. The van der Waals surface area contributed by atoms with E-state index in [1.165, 1.54) is 18.1 Å². The van der Waals surface area contributed by atoms with Gasteiger partial charge < -0.3 is 14.5 Å². The number of carbonyl (C=O) groups is 1. The van der Waals surface area contributed by atoms with E-state index >= 15 is 0 Å². The fourth-order valence-corrected chi connectivity index (χ4v) is 2.58. The Morgan fingerprint density at radius 1 is 1.22 bits per heavy atom. The van der Waals surface area contributed by atoms with Crippen LogP contribution in [0.1, 0.15) is 16.1 Å². The van der Waals surface area contributed by atoms with E-state index < -0.39 is 0 Å². The lowest BCUT2D eigenvalue weighted by atomic mass is 10.1. The summed E-state index contributed by atoms with van der Waals surface area (Å²) < 4.78 is 5.37. The molecule has 0 bridgehead atoms. The molecule has 0 unspecified atom stereocenters. The minimum absolute atomic E-state index is 0.129. The molecular formula is C17H20N4O2. The van der Waals surface area contributed by atoms with Crippen LogP contribution in [-0.2, 0) is 11.3 Å². The molecule has 6 heteroatoms. The van der Waals surface area contributed by atoms with Crippen molar-refractivity contribution in [3.8, 4) is 0 Å². The van der Waals surface area contributed by atoms with Crippen LogP contribution in [0.4, 0.5) is 5.69 Å². The molecule has 0 aliphatic carbocycles. The third kappa shape index (κ3) is 3.84. The van der Waals surface area contributed by atoms with Gasteiger partial charge in [-0.3, -0.25) is 9.78 Å². The van der Waals surface area contributed by atoms with Crippen LogP contribution >= 0.6 is 0 Å². The molecular weight excluding hydrogens is 292 g/mol. The summed E-state index contributed by atoms with van der Waals surface area (Å²) in [4.78, 5) is 24.2. The largest absolute Gasteiger partial charge is 0.378 e. The highest BCUT2D eigenvalue weighted by molar-refractivity contribution is 5.91. The normalized spacial score (nSPS) is 14.6. The molecule has 3 rings (SSSR count). The van der Waals surface area contributed by atoms with Crippen LogP contribution in [0.5, 0.6) is 0 Å². The maximum Gasteiger partial charge on any atom is 0.274 e. The molecule has 23 heavy (non-hydrogen) atoms. The Hall–Kier alpha value is -2.47. The van der Waals surface area contributed by atoms with Crippen molar-refractivity contribution in [1.29, 1.82) is 0 Å². The monoisotopic (exact) mass is 312 g/mol. The number of benzene rings is 1. The zero-order valence-electron chi connectivity index (χ0n) is 13.2. The van der Waals surface area contributed by atoms with Gasteiger partial charge in [0.25, 0.3) is 5.91 Å². The molecule has 2 aromatic rings. The van der Waals surface area contributed by atoms with Crippen molar-refractivity contribution in [2.75, 3.05) is 38.3 Å². The fourth-order valence-electron chi connectivity index (χ4n) is 2.58. The van der Waals surface area contributed by atoms with Crippen LogP contribution in [0.15, 0.2) is 42.9 Å². The number of carbonyl (C=O) groups excluding carboxylic acids is 1. The first kappa shape index (κ1) is 15.4. The number of ether oxygens (including phenoxy) is 1. The summed E-state index contributed by atoms with van der Waals surface area (Å²) in [5.41, 5.74) is 2.64. The second-order valence-corrected chi connectivity index (χ2v) is 5.52. The zero-order valence-corrected chi connectivity index (χ0v) is 13.2. The van der Waals surface area contributed by atoms with Gasteiger partial charge in [-0.05, 0) is 17.7 Å². The van der Waals surface area contributed by atoms with E-state index in [0.29, 0.717) is 12.2 Å². The van der Waals surface area contributed by atoms with Gasteiger partial charge in [0.1, 0.15) is 5.69 Å². The molecule has 2 heterocycles. The number of anilines is 1. The Morgan fingerprint density at radius 3 is 2.61 bits per heavy atom. The van der Waals surface area contributed by atoms with E-state index in [1.54, 1.807) is 18.1 Å². The van der Waals surface area contributed by atoms with Crippen LogP contribution in [0.3, 0.4) is 0 Å². The van der Waals surface area contributed by atoms with Gasteiger partial charge in [-0.25, -0.2) is 4.98 Å². The number of amides is 1. The molecule has 1 aromatic carbocycles. The van der Waals surface area contributed by atoms with Crippen molar-refractivity contribution in [2.24, 2.45) is 0 Å². The predicted molar refractivity (Wildman–Crippen MR) is 87.3 cm³/mol. The minimum Gasteiger partial charge on any atom is -0.378 e. The molecule has 120 valence electrons. The molecule has 1 saturated heterocycles. The van der Waals surface area contributed by atoms with Gasteiger partial charge in [0.2, 0.25) is 0 Å². The summed E-state index contributed by atoms with van der Waals surface area (Å²) in [6.07, 6.45) is 4.57. The lowest BCUT2D eigenvalue weighted by Crippen LogP contribution is -2.36. The van der Waals surface area contributed by atoms with Crippen LogP contribution in [0.2, 0.25) is 0 Å². The second-order valence-electron chi connectivity index (χ2n) is 5.52. The number of morpholine rings is 1. The van der Waals surface area contributed by atoms with Crippen molar-refractivity contribution in [3.63, 3.8) is 0 Å². The van der Waals surface area contributed by atoms with Gasteiger partial charge in [-0.15, -0.1) is 0 Å². The number of rotatable bonds is 4. The van der Waals surface area contributed by atoms with E-state index in [4.69, 9.17) is 4.74 Å². The second kappa shape index (κ2) is 7.19. The number of hydrogen-bond acceptors (Lipinski definition) is 5. The fraction of sp³-hybridized carbons (Fsp3) is 0.353. The summed E-state index contributed by atoms with van der Waals surface area (Å²) in [5, 5.41) is 0. The lowest BCUT2D eigenvalue weighted by molar-refractivity contribution is 0.0779. The average molecular weight is 312 g/mol. The molecule has 0 saturated carbocycles. The first-order valence-electron chi connectivity index (χ1n) is 7.67. The molecule has 1 amide bonds. The number of aromatic nitrogens is 2. The topological polar surface area (TPSA) is 58.6 Å². The highest BCUT2D eigenvalue weighted by Gasteiger charge is 2.14. The Morgan fingerprint density at radius 2 is 1.96 bits per heavy atom. The van der Waals surface area contributed by atoms with E-state index in [1.807, 2.05) is 0 Å². The van der Waals surface area contributed by atoms with Gasteiger partial charge in [-0.2, -0.15) is 0 Å². The Kier molecular flexibility index (Phi) is 4.83. The molecule has 0 atom stereocenters. The standard InChI is InChI=1S/C17H20N4O2/c1-20(17(22)16-12-18-6-7-19-16)13-14-2-4-15(5-3-14)21-8-10-23-11-9-21/h2-7,12H,8-11,13H2,1H3. The van der Waals surface area contributed by atoms with Gasteiger partial charge in [0.15, 0.2) is 0 Å². The lowest BCUT2D eigenvalue weighted by Gasteiger charge is -2.29. The molecule has 0 radical (unpaired) electrons. The van der Waals surface area contributed by atoms with Crippen LogP contribution in [0, 0.1) is 0 Å². The number of nitrogens with zero attached hydrogens (tertiary/aromatic N) is 4. The smallest absolute Gasteiger partial charge is 0.274 e.